The first-order valence-corrected chi connectivity index (χ1v) is 11.4. The summed E-state index contributed by atoms with van der Waals surface area (Å²) in [6, 6.07) is 17.2. The van der Waals surface area contributed by atoms with Crippen molar-refractivity contribution in [3.63, 3.8) is 0 Å². The van der Waals surface area contributed by atoms with Crippen LogP contribution < -0.4 is 0 Å². The molecule has 0 saturated heterocycles. The van der Waals surface area contributed by atoms with Gasteiger partial charge in [0.1, 0.15) is 12.6 Å². The Morgan fingerprint density at radius 1 is 1.09 bits per heavy atom. The first-order chi connectivity index (χ1) is 15.5. The van der Waals surface area contributed by atoms with E-state index in [-0.39, 0.29) is 18.9 Å². The quantitative estimate of drug-likeness (QED) is 0.428. The van der Waals surface area contributed by atoms with Crippen LogP contribution in [0.3, 0.4) is 0 Å². The van der Waals surface area contributed by atoms with E-state index in [0.29, 0.717) is 6.42 Å². The molecule has 164 valence electrons. The van der Waals surface area contributed by atoms with E-state index in [4.69, 9.17) is 4.74 Å². The number of carbonyl (C=O) groups is 2. The summed E-state index contributed by atoms with van der Waals surface area (Å²) in [6.45, 7) is 0.157. The molecule has 1 N–H and O–H groups in total. The summed E-state index contributed by atoms with van der Waals surface area (Å²) in [4.78, 5) is 29.9. The molecular formula is C25H23IN2O4. The number of rotatable bonds is 7. The number of carboxylic acids is 1. The fourth-order valence-electron chi connectivity index (χ4n) is 4.20. The van der Waals surface area contributed by atoms with Crippen LogP contribution in [-0.2, 0) is 16.0 Å². The van der Waals surface area contributed by atoms with Gasteiger partial charge in [-0.2, -0.15) is 0 Å². The third-order valence-corrected chi connectivity index (χ3v) is 6.43. The Kier molecular flexibility index (Phi) is 6.74. The summed E-state index contributed by atoms with van der Waals surface area (Å²) in [5.41, 5.74) is 5.46. The first-order valence-electron chi connectivity index (χ1n) is 10.4. The Balaban J connectivity index is 1.43. The fraction of sp³-hybridized carbons (Fsp3) is 0.240. The zero-order chi connectivity index (χ0) is 22.7. The van der Waals surface area contributed by atoms with Crippen molar-refractivity contribution in [2.75, 3.05) is 13.7 Å². The van der Waals surface area contributed by atoms with Crippen molar-refractivity contribution in [1.82, 2.24) is 9.88 Å². The molecule has 1 unspecified atom stereocenters. The van der Waals surface area contributed by atoms with Crippen molar-refractivity contribution in [2.45, 2.75) is 24.8 Å². The van der Waals surface area contributed by atoms with Crippen LogP contribution in [0.2, 0.25) is 0 Å². The maximum absolute atomic E-state index is 12.8. The number of aryl methyl sites for hydroxylation is 1. The van der Waals surface area contributed by atoms with E-state index in [1.54, 1.807) is 12.4 Å². The highest BCUT2D eigenvalue weighted by molar-refractivity contribution is 14.1. The number of hydrogen-bond donors (Lipinski definition) is 1. The maximum atomic E-state index is 12.8. The van der Waals surface area contributed by atoms with Gasteiger partial charge < -0.3 is 9.84 Å². The molecule has 7 heteroatoms. The molecule has 6 nitrogen and oxygen atoms in total. The van der Waals surface area contributed by atoms with Gasteiger partial charge in [-0.15, -0.1) is 0 Å². The monoisotopic (exact) mass is 542 g/mol. The second-order valence-electron chi connectivity index (χ2n) is 7.82. The number of aliphatic carboxylic acids is 1. The molecule has 1 aliphatic rings. The van der Waals surface area contributed by atoms with Gasteiger partial charge in [0.2, 0.25) is 0 Å². The number of nitrogens with zero attached hydrogens (tertiary/aromatic N) is 2. The number of amides is 1. The second-order valence-corrected chi connectivity index (χ2v) is 9.06. The predicted molar refractivity (Wildman–Crippen MR) is 130 cm³/mol. The minimum atomic E-state index is -1.06. The average Bonchev–Trinajstić information content (AvgIpc) is 3.11. The lowest BCUT2D eigenvalue weighted by atomic mass is 9.98. The van der Waals surface area contributed by atoms with E-state index >= 15 is 0 Å². The third kappa shape index (κ3) is 4.62. The Morgan fingerprint density at radius 2 is 1.72 bits per heavy atom. The molecule has 1 aromatic heterocycles. The average molecular weight is 542 g/mol. The lowest BCUT2D eigenvalue weighted by Crippen LogP contribution is -2.43. The number of ether oxygens (including phenoxy) is 1. The number of halogens is 1. The molecule has 32 heavy (non-hydrogen) atoms. The van der Waals surface area contributed by atoms with Crippen molar-refractivity contribution in [3.05, 3.63) is 87.3 Å². The minimum absolute atomic E-state index is 0.0690. The number of aromatic nitrogens is 1. The SMILES string of the molecule is CN(C(=O)OCC1c2ccccc2-c2ccccc21)C(CCc1cncc(I)c1)C(=O)O. The minimum Gasteiger partial charge on any atom is -0.480 e. The van der Waals surface area contributed by atoms with Crippen LogP contribution in [0.15, 0.2) is 67.0 Å². The highest BCUT2D eigenvalue weighted by Gasteiger charge is 2.31. The standard InChI is InChI=1S/C25H23IN2O4/c1-28(23(24(29)30)11-10-16-12-17(26)14-27-13-16)25(31)32-15-22-20-8-4-2-6-18(20)19-7-3-5-9-21(19)22/h2-9,12-14,22-23H,10-11,15H2,1H3,(H,29,30). The number of benzene rings is 2. The van der Waals surface area contributed by atoms with Gasteiger partial charge in [0.05, 0.1) is 0 Å². The van der Waals surface area contributed by atoms with Gasteiger partial charge in [0.15, 0.2) is 0 Å². The molecule has 1 amide bonds. The molecule has 1 heterocycles. The number of fused-ring (bicyclic) bond motifs is 3. The Bertz CT molecular complexity index is 1100. The van der Waals surface area contributed by atoms with Crippen LogP contribution in [0.1, 0.15) is 29.0 Å². The maximum Gasteiger partial charge on any atom is 0.410 e. The number of pyridine rings is 1. The van der Waals surface area contributed by atoms with Gasteiger partial charge in [-0.05, 0) is 69.3 Å². The Labute approximate surface area is 200 Å². The van der Waals surface area contributed by atoms with Crippen LogP contribution >= 0.6 is 22.6 Å². The highest BCUT2D eigenvalue weighted by atomic mass is 127. The molecule has 0 aliphatic heterocycles. The lowest BCUT2D eigenvalue weighted by Gasteiger charge is -2.25. The van der Waals surface area contributed by atoms with E-state index in [2.05, 4.69) is 39.7 Å². The van der Waals surface area contributed by atoms with Gasteiger partial charge in [0.25, 0.3) is 0 Å². The van der Waals surface area contributed by atoms with Crippen molar-refractivity contribution in [3.8, 4) is 11.1 Å². The van der Waals surface area contributed by atoms with Crippen LogP contribution in [0.25, 0.3) is 11.1 Å². The van der Waals surface area contributed by atoms with Gasteiger partial charge in [-0.3, -0.25) is 9.88 Å². The third-order valence-electron chi connectivity index (χ3n) is 5.84. The molecule has 0 radical (unpaired) electrons. The molecule has 1 aliphatic carbocycles. The zero-order valence-corrected chi connectivity index (χ0v) is 19.7. The van der Waals surface area contributed by atoms with Gasteiger partial charge in [0, 0.05) is 28.9 Å². The Morgan fingerprint density at radius 3 is 2.31 bits per heavy atom. The summed E-state index contributed by atoms with van der Waals surface area (Å²) >= 11 is 2.17. The summed E-state index contributed by atoms with van der Waals surface area (Å²) in [7, 11) is 1.48. The second kappa shape index (κ2) is 9.68. The number of carbonyl (C=O) groups excluding carboxylic acids is 1. The van der Waals surface area contributed by atoms with Crippen molar-refractivity contribution >= 4 is 34.7 Å². The van der Waals surface area contributed by atoms with E-state index in [9.17, 15) is 14.7 Å². The molecule has 0 spiro atoms. The normalized spacial score (nSPS) is 13.2. The topological polar surface area (TPSA) is 79.7 Å². The largest absolute Gasteiger partial charge is 0.480 e. The van der Waals surface area contributed by atoms with Gasteiger partial charge >= 0.3 is 12.1 Å². The van der Waals surface area contributed by atoms with Crippen LogP contribution in [-0.4, -0.2) is 46.7 Å². The molecule has 0 saturated carbocycles. The van der Waals surface area contributed by atoms with E-state index < -0.39 is 18.1 Å². The molecule has 2 aromatic carbocycles. The van der Waals surface area contributed by atoms with Gasteiger partial charge in [-0.1, -0.05) is 48.5 Å². The van der Waals surface area contributed by atoms with Crippen molar-refractivity contribution in [1.29, 1.82) is 0 Å². The zero-order valence-electron chi connectivity index (χ0n) is 17.6. The molecule has 0 fully saturated rings. The van der Waals surface area contributed by atoms with Crippen LogP contribution in [0, 0.1) is 3.57 Å². The predicted octanol–water partition coefficient (Wildman–Crippen LogP) is 4.95. The smallest absolute Gasteiger partial charge is 0.410 e. The molecule has 4 rings (SSSR count). The molecule has 3 aromatic rings. The first kappa shape index (κ1) is 22.3. The summed E-state index contributed by atoms with van der Waals surface area (Å²) in [6.07, 6.45) is 3.59. The summed E-state index contributed by atoms with van der Waals surface area (Å²) in [5, 5.41) is 9.70. The lowest BCUT2D eigenvalue weighted by molar-refractivity contribution is -0.142. The summed E-state index contributed by atoms with van der Waals surface area (Å²) < 4.78 is 6.60. The number of hydrogen-bond acceptors (Lipinski definition) is 4. The molecule has 0 bridgehead atoms. The number of carboxylic acid groups (broad SMARTS) is 1. The van der Waals surface area contributed by atoms with Gasteiger partial charge in [-0.25, -0.2) is 9.59 Å². The molecule has 1 atom stereocenters. The van der Waals surface area contributed by atoms with Crippen molar-refractivity contribution < 1.29 is 19.4 Å². The fourth-order valence-corrected chi connectivity index (χ4v) is 4.76. The van der Waals surface area contributed by atoms with E-state index in [0.717, 1.165) is 31.4 Å². The van der Waals surface area contributed by atoms with Crippen molar-refractivity contribution in [2.24, 2.45) is 0 Å². The highest BCUT2D eigenvalue weighted by Crippen LogP contribution is 2.44. The molecular weight excluding hydrogens is 519 g/mol. The van der Waals surface area contributed by atoms with Crippen LogP contribution in [0.4, 0.5) is 4.79 Å². The Hall–Kier alpha value is -2.94. The van der Waals surface area contributed by atoms with E-state index in [1.165, 1.54) is 11.9 Å². The van der Waals surface area contributed by atoms with Crippen LogP contribution in [0.5, 0.6) is 0 Å². The number of likely N-dealkylation sites (N-methyl/N-ethyl adjacent to an activating group) is 1. The van der Waals surface area contributed by atoms with E-state index in [1.807, 2.05) is 42.5 Å². The summed E-state index contributed by atoms with van der Waals surface area (Å²) in [5.74, 6) is -1.12.